The minimum Gasteiger partial charge on any atom is -0.274 e. The highest BCUT2D eigenvalue weighted by Crippen LogP contribution is 2.43. The molecule has 0 aromatic heterocycles. The zero-order chi connectivity index (χ0) is 21.1. The number of hydrogen-bond donors (Lipinski definition) is 0. The predicted molar refractivity (Wildman–Crippen MR) is 127 cm³/mol. The molecule has 1 heterocycles. The van der Waals surface area contributed by atoms with Crippen LogP contribution < -0.4 is 0 Å². The Morgan fingerprint density at radius 3 is 1.77 bits per heavy atom. The third kappa shape index (κ3) is 2.46. The molecule has 2 amide bonds. The molecule has 1 aliphatic heterocycles. The third-order valence-electron chi connectivity index (χ3n) is 6.83. The van der Waals surface area contributed by atoms with Crippen LogP contribution in [0.25, 0.3) is 43.1 Å². The standard InChI is InChI=1S/C28H23NO2/c1-2-3-4-5-16-29-27(30)22-14-12-20-18-10-6-8-17-9-7-11-19(24(17)18)21-13-15-23(28(29)31)26(22)25(20)21/h6-15H,2-5,16H2,1H3. The van der Waals surface area contributed by atoms with Crippen LogP contribution in [0.15, 0.2) is 60.7 Å². The van der Waals surface area contributed by atoms with Gasteiger partial charge in [-0.3, -0.25) is 14.5 Å². The van der Waals surface area contributed by atoms with E-state index in [1.807, 2.05) is 12.1 Å². The largest absolute Gasteiger partial charge is 0.274 e. The molecule has 0 fully saturated rings. The summed E-state index contributed by atoms with van der Waals surface area (Å²) in [6.07, 6.45) is 4.15. The fourth-order valence-electron chi connectivity index (χ4n) is 5.37. The van der Waals surface area contributed by atoms with Gasteiger partial charge in [0.1, 0.15) is 0 Å². The number of nitrogens with zero attached hydrogens (tertiary/aromatic N) is 1. The molecule has 0 atom stereocenters. The Bertz CT molecular complexity index is 1410. The first-order valence-electron chi connectivity index (χ1n) is 11.2. The van der Waals surface area contributed by atoms with Gasteiger partial charge in [-0.05, 0) is 56.3 Å². The number of rotatable bonds is 5. The maximum atomic E-state index is 13.3. The fraction of sp³-hybridized carbons (Fsp3) is 0.214. The number of amides is 2. The lowest BCUT2D eigenvalue weighted by atomic mass is 9.85. The fourth-order valence-corrected chi connectivity index (χ4v) is 5.37. The molecule has 0 radical (unpaired) electrons. The van der Waals surface area contributed by atoms with Gasteiger partial charge in [-0.1, -0.05) is 74.7 Å². The summed E-state index contributed by atoms with van der Waals surface area (Å²) in [6.45, 7) is 2.65. The third-order valence-corrected chi connectivity index (χ3v) is 6.83. The molecular formula is C28H23NO2. The van der Waals surface area contributed by atoms with E-state index in [2.05, 4.69) is 55.5 Å². The Labute approximate surface area is 180 Å². The van der Waals surface area contributed by atoms with E-state index < -0.39 is 0 Å². The quantitative estimate of drug-likeness (QED) is 0.138. The predicted octanol–water partition coefficient (Wildman–Crippen LogP) is 6.91. The first kappa shape index (κ1) is 18.3. The highest BCUT2D eigenvalue weighted by Gasteiger charge is 2.33. The monoisotopic (exact) mass is 405 g/mol. The molecule has 3 nitrogen and oxygen atoms in total. The average Bonchev–Trinajstić information content (AvgIpc) is 2.80. The number of imide groups is 1. The number of unbranched alkanes of at least 4 members (excludes halogenated alkanes) is 3. The summed E-state index contributed by atoms with van der Waals surface area (Å²) in [6, 6.07) is 20.7. The van der Waals surface area contributed by atoms with Gasteiger partial charge in [-0.2, -0.15) is 0 Å². The molecule has 0 spiro atoms. The second-order valence-corrected chi connectivity index (χ2v) is 8.60. The molecule has 1 aliphatic rings. The van der Waals surface area contributed by atoms with Gasteiger partial charge in [0, 0.05) is 23.1 Å². The Balaban J connectivity index is 1.63. The summed E-state index contributed by atoms with van der Waals surface area (Å²) in [5.41, 5.74) is 1.30. The van der Waals surface area contributed by atoms with Crippen LogP contribution in [0.5, 0.6) is 0 Å². The highest BCUT2D eigenvalue weighted by atomic mass is 16.2. The van der Waals surface area contributed by atoms with Gasteiger partial charge >= 0.3 is 0 Å². The van der Waals surface area contributed by atoms with Gasteiger partial charge in [0.2, 0.25) is 0 Å². The van der Waals surface area contributed by atoms with Gasteiger partial charge in [-0.15, -0.1) is 0 Å². The first-order chi connectivity index (χ1) is 15.2. The minimum absolute atomic E-state index is 0.158. The van der Waals surface area contributed by atoms with E-state index in [1.54, 1.807) is 0 Å². The van der Waals surface area contributed by atoms with Crippen LogP contribution in [-0.2, 0) is 0 Å². The van der Waals surface area contributed by atoms with Crippen molar-refractivity contribution in [2.24, 2.45) is 0 Å². The van der Waals surface area contributed by atoms with Gasteiger partial charge in [0.05, 0.1) is 0 Å². The Kier molecular flexibility index (Phi) is 4.01. The lowest BCUT2D eigenvalue weighted by molar-refractivity contribution is 0.0608. The summed E-state index contributed by atoms with van der Waals surface area (Å²) in [5.74, 6) is -0.315. The summed E-state index contributed by atoms with van der Waals surface area (Å²) < 4.78 is 0. The molecule has 0 bridgehead atoms. The lowest BCUT2D eigenvalue weighted by Gasteiger charge is -2.28. The van der Waals surface area contributed by atoms with Crippen molar-refractivity contribution in [3.05, 3.63) is 71.8 Å². The van der Waals surface area contributed by atoms with Crippen molar-refractivity contribution in [2.75, 3.05) is 6.54 Å². The zero-order valence-electron chi connectivity index (χ0n) is 17.6. The molecular weight excluding hydrogens is 382 g/mol. The molecule has 6 rings (SSSR count). The molecule has 0 saturated heterocycles. The van der Waals surface area contributed by atoms with Gasteiger partial charge < -0.3 is 0 Å². The number of hydrogen-bond acceptors (Lipinski definition) is 2. The zero-order valence-corrected chi connectivity index (χ0v) is 17.6. The lowest BCUT2D eigenvalue weighted by Crippen LogP contribution is -2.40. The van der Waals surface area contributed by atoms with E-state index in [0.717, 1.165) is 47.2 Å². The van der Waals surface area contributed by atoms with E-state index in [-0.39, 0.29) is 11.8 Å². The molecule has 3 heteroatoms. The van der Waals surface area contributed by atoms with Crippen molar-refractivity contribution in [3.63, 3.8) is 0 Å². The molecule has 152 valence electrons. The first-order valence-corrected chi connectivity index (χ1v) is 11.2. The Hall–Kier alpha value is -3.46. The topological polar surface area (TPSA) is 37.4 Å². The molecule has 0 aliphatic carbocycles. The Morgan fingerprint density at radius 2 is 1.19 bits per heavy atom. The summed E-state index contributed by atoms with van der Waals surface area (Å²) >= 11 is 0. The van der Waals surface area contributed by atoms with Crippen LogP contribution in [0.2, 0.25) is 0 Å². The van der Waals surface area contributed by atoms with Crippen LogP contribution in [-0.4, -0.2) is 23.3 Å². The van der Waals surface area contributed by atoms with Crippen LogP contribution in [0.4, 0.5) is 0 Å². The van der Waals surface area contributed by atoms with Crippen molar-refractivity contribution >= 4 is 54.9 Å². The highest BCUT2D eigenvalue weighted by molar-refractivity contribution is 6.38. The summed E-state index contributed by atoms with van der Waals surface area (Å²) in [7, 11) is 0. The van der Waals surface area contributed by atoms with Crippen LogP contribution in [0.3, 0.4) is 0 Å². The number of fused-ring (bicyclic) bond motifs is 2. The van der Waals surface area contributed by atoms with Crippen molar-refractivity contribution in [1.82, 2.24) is 4.90 Å². The molecule has 31 heavy (non-hydrogen) atoms. The number of benzene rings is 5. The molecule has 5 aromatic rings. The van der Waals surface area contributed by atoms with Crippen molar-refractivity contribution < 1.29 is 9.59 Å². The molecule has 0 saturated carbocycles. The molecule has 0 N–H and O–H groups in total. The normalized spacial score (nSPS) is 14.0. The van der Waals surface area contributed by atoms with Crippen molar-refractivity contribution in [1.29, 1.82) is 0 Å². The number of carbonyl (C=O) groups excluding carboxylic acids is 2. The molecule has 5 aromatic carbocycles. The number of carbonyl (C=O) groups is 2. The van der Waals surface area contributed by atoms with E-state index in [9.17, 15) is 9.59 Å². The van der Waals surface area contributed by atoms with Crippen molar-refractivity contribution in [2.45, 2.75) is 32.6 Å². The van der Waals surface area contributed by atoms with Crippen LogP contribution in [0, 0.1) is 0 Å². The van der Waals surface area contributed by atoms with Crippen molar-refractivity contribution in [3.8, 4) is 0 Å². The molecule has 0 unspecified atom stereocenters. The van der Waals surface area contributed by atoms with Crippen LogP contribution in [0.1, 0.15) is 53.3 Å². The maximum absolute atomic E-state index is 13.3. The summed E-state index contributed by atoms with van der Waals surface area (Å²) in [4.78, 5) is 28.1. The SMILES string of the molecule is CCCCCCN1C(=O)c2ccc3c4cccc5cccc(c6ccc(c2c36)C1=O)c54. The maximum Gasteiger partial charge on any atom is 0.261 e. The second kappa shape index (κ2) is 6.78. The average molecular weight is 405 g/mol. The van der Waals surface area contributed by atoms with E-state index >= 15 is 0 Å². The minimum atomic E-state index is -0.158. The van der Waals surface area contributed by atoms with E-state index in [0.29, 0.717) is 17.7 Å². The smallest absolute Gasteiger partial charge is 0.261 e. The summed E-state index contributed by atoms with van der Waals surface area (Å²) in [5, 5.41) is 8.87. The van der Waals surface area contributed by atoms with E-state index in [4.69, 9.17) is 0 Å². The van der Waals surface area contributed by atoms with Crippen LogP contribution >= 0.6 is 0 Å². The van der Waals surface area contributed by atoms with Gasteiger partial charge in [-0.25, -0.2) is 0 Å². The Morgan fingerprint density at radius 1 is 0.613 bits per heavy atom. The second-order valence-electron chi connectivity index (χ2n) is 8.60. The van der Waals surface area contributed by atoms with Gasteiger partial charge in [0.15, 0.2) is 0 Å². The van der Waals surface area contributed by atoms with E-state index in [1.165, 1.54) is 26.4 Å². The van der Waals surface area contributed by atoms with Gasteiger partial charge in [0.25, 0.3) is 11.8 Å².